The number of nitrogens with zero attached hydrogens (tertiary/aromatic N) is 4. The van der Waals surface area contributed by atoms with Gasteiger partial charge >= 0.3 is 0 Å². The zero-order chi connectivity index (χ0) is 23.6. The Bertz CT molecular complexity index is 1140. The maximum atomic E-state index is 6.45. The Labute approximate surface area is 211 Å². The number of benzene rings is 1. The van der Waals surface area contributed by atoms with Gasteiger partial charge in [0.2, 0.25) is 5.88 Å². The Morgan fingerprint density at radius 2 is 1.80 bits per heavy atom. The highest BCUT2D eigenvalue weighted by Gasteiger charge is 2.32. The Hall–Kier alpha value is -2.48. The quantitative estimate of drug-likeness (QED) is 0.557. The van der Waals surface area contributed by atoms with Gasteiger partial charge < -0.3 is 14.8 Å². The van der Waals surface area contributed by atoms with Crippen LogP contribution in [0.25, 0.3) is 5.69 Å². The summed E-state index contributed by atoms with van der Waals surface area (Å²) in [5.41, 5.74) is 2.43. The van der Waals surface area contributed by atoms with Crippen LogP contribution in [0.15, 0.2) is 42.6 Å². The van der Waals surface area contributed by atoms with Crippen LogP contribution >= 0.6 is 11.6 Å². The summed E-state index contributed by atoms with van der Waals surface area (Å²) in [5, 5.41) is 14.1. The van der Waals surface area contributed by atoms with Gasteiger partial charge in [-0.1, -0.05) is 17.7 Å². The third-order valence-corrected chi connectivity index (χ3v) is 7.83. The molecule has 2 aromatic heterocycles. The number of ether oxygens (including phenoxy) is 2. The highest BCUT2D eigenvalue weighted by atomic mass is 35.5. The van der Waals surface area contributed by atoms with E-state index < -0.39 is 0 Å². The highest BCUT2D eigenvalue weighted by molar-refractivity contribution is 6.30. The van der Waals surface area contributed by atoms with Gasteiger partial charge in [-0.25, -0.2) is 4.98 Å². The molecule has 6 rings (SSSR count). The van der Waals surface area contributed by atoms with Crippen molar-refractivity contribution in [3.8, 4) is 11.6 Å². The fourth-order valence-corrected chi connectivity index (χ4v) is 6.02. The molecule has 184 valence electrons. The Morgan fingerprint density at radius 3 is 2.60 bits per heavy atom. The molecule has 4 heterocycles. The molecule has 7 nitrogen and oxygen atoms in total. The van der Waals surface area contributed by atoms with Crippen LogP contribution in [-0.2, 0) is 17.6 Å². The van der Waals surface area contributed by atoms with Crippen molar-refractivity contribution in [2.75, 3.05) is 13.2 Å². The minimum absolute atomic E-state index is 0.201. The number of halogens is 1. The van der Waals surface area contributed by atoms with Gasteiger partial charge in [-0.05, 0) is 74.8 Å². The van der Waals surface area contributed by atoms with E-state index in [0.29, 0.717) is 23.9 Å². The molecule has 2 fully saturated rings. The van der Waals surface area contributed by atoms with Crippen LogP contribution in [0, 0.1) is 0 Å². The van der Waals surface area contributed by atoms with Crippen LogP contribution in [0.5, 0.6) is 5.88 Å². The minimum atomic E-state index is 0.201. The molecule has 1 atom stereocenters. The lowest BCUT2D eigenvalue weighted by Gasteiger charge is -2.28. The second kappa shape index (κ2) is 10.2. The summed E-state index contributed by atoms with van der Waals surface area (Å²) in [5.74, 6) is 3.19. The maximum Gasteiger partial charge on any atom is 0.213 e. The van der Waals surface area contributed by atoms with Gasteiger partial charge in [-0.3, -0.25) is 4.57 Å². The largest absolute Gasteiger partial charge is 0.474 e. The van der Waals surface area contributed by atoms with Crippen LogP contribution in [0.4, 0.5) is 0 Å². The van der Waals surface area contributed by atoms with E-state index in [0.717, 1.165) is 81.3 Å². The molecule has 35 heavy (non-hydrogen) atoms. The Morgan fingerprint density at radius 1 is 0.943 bits per heavy atom. The summed E-state index contributed by atoms with van der Waals surface area (Å²) in [6.45, 7) is 1.67. The van der Waals surface area contributed by atoms with E-state index in [1.807, 2.05) is 24.3 Å². The third-order valence-electron chi connectivity index (χ3n) is 7.59. The topological polar surface area (TPSA) is 74.1 Å². The van der Waals surface area contributed by atoms with Crippen molar-refractivity contribution < 1.29 is 9.47 Å². The lowest BCUT2D eigenvalue weighted by atomic mass is 9.86. The SMILES string of the molecule is Clc1ccc2c(c1)CC(NC1CCOCC1)Cc1nnc([C@H]3CC[C@H](Oc4ccccn4)CC3)n1-2. The van der Waals surface area contributed by atoms with Gasteiger partial charge in [0.05, 0.1) is 5.69 Å². The molecule has 8 heteroatoms. The molecule has 2 aliphatic heterocycles. The Balaban J connectivity index is 1.23. The second-order valence-electron chi connectivity index (χ2n) is 10.0. The van der Waals surface area contributed by atoms with Gasteiger partial charge in [0.25, 0.3) is 0 Å². The van der Waals surface area contributed by atoms with Gasteiger partial charge in [0.15, 0.2) is 0 Å². The average Bonchev–Trinajstić information content (AvgIpc) is 3.22. The fraction of sp³-hybridized carbons (Fsp3) is 0.519. The van der Waals surface area contributed by atoms with E-state index in [1.54, 1.807) is 6.20 Å². The number of rotatable bonds is 5. The number of nitrogens with one attached hydrogen (secondary N) is 1. The smallest absolute Gasteiger partial charge is 0.213 e. The van der Waals surface area contributed by atoms with Gasteiger partial charge in [-0.2, -0.15) is 0 Å². The molecule has 3 aliphatic rings. The van der Waals surface area contributed by atoms with Gasteiger partial charge in [-0.15, -0.1) is 10.2 Å². The van der Waals surface area contributed by atoms with Crippen molar-refractivity contribution in [3.63, 3.8) is 0 Å². The number of hydrogen-bond donors (Lipinski definition) is 1. The van der Waals surface area contributed by atoms with Crippen LogP contribution in [0.3, 0.4) is 0 Å². The molecule has 0 spiro atoms. The minimum Gasteiger partial charge on any atom is -0.474 e. The number of hydrogen-bond acceptors (Lipinski definition) is 6. The summed E-state index contributed by atoms with van der Waals surface area (Å²) in [6, 6.07) is 12.8. The lowest BCUT2D eigenvalue weighted by molar-refractivity contribution is 0.0748. The lowest BCUT2D eigenvalue weighted by Crippen LogP contribution is -2.43. The fourth-order valence-electron chi connectivity index (χ4n) is 5.83. The summed E-state index contributed by atoms with van der Waals surface area (Å²) in [7, 11) is 0. The van der Waals surface area contributed by atoms with Crippen molar-refractivity contribution in [3.05, 3.63) is 64.8 Å². The molecule has 1 aliphatic carbocycles. The first-order valence-electron chi connectivity index (χ1n) is 12.9. The van der Waals surface area contributed by atoms with Crippen molar-refractivity contribution in [2.24, 2.45) is 0 Å². The summed E-state index contributed by atoms with van der Waals surface area (Å²) in [6.07, 6.45) is 9.92. The first-order chi connectivity index (χ1) is 17.2. The first-order valence-corrected chi connectivity index (χ1v) is 13.2. The van der Waals surface area contributed by atoms with Crippen LogP contribution in [0.2, 0.25) is 5.02 Å². The predicted molar refractivity (Wildman–Crippen MR) is 134 cm³/mol. The van der Waals surface area contributed by atoms with Crippen LogP contribution in [-0.4, -0.2) is 51.1 Å². The van der Waals surface area contributed by atoms with Gasteiger partial charge in [0, 0.05) is 54.9 Å². The molecule has 3 aromatic rings. The van der Waals surface area contributed by atoms with Crippen LogP contribution < -0.4 is 10.1 Å². The molecule has 1 N–H and O–H groups in total. The number of fused-ring (bicyclic) bond motifs is 3. The van der Waals surface area contributed by atoms with Gasteiger partial charge in [0.1, 0.15) is 17.8 Å². The monoisotopic (exact) mass is 493 g/mol. The average molecular weight is 494 g/mol. The normalized spacial score (nSPS) is 24.9. The van der Waals surface area contributed by atoms with Crippen LogP contribution in [0.1, 0.15) is 61.7 Å². The molecule has 1 saturated heterocycles. The molecular weight excluding hydrogens is 462 g/mol. The highest BCUT2D eigenvalue weighted by Crippen LogP contribution is 2.37. The summed E-state index contributed by atoms with van der Waals surface area (Å²) >= 11 is 6.45. The summed E-state index contributed by atoms with van der Waals surface area (Å²) < 4.78 is 14.0. The standard InChI is InChI=1S/C27H32ClN5O2/c28-20-6-9-24-19(15-20)16-22(30-21-10-13-34-14-11-21)17-25-31-32-27(33(24)25)18-4-7-23(8-5-18)35-26-3-1-2-12-29-26/h1-3,6,9,12,15,18,21-23,30H,4-5,7-8,10-11,13-14,16-17H2/t18-,22?,23-. The van der Waals surface area contributed by atoms with Crippen molar-refractivity contribution in [1.82, 2.24) is 25.1 Å². The first kappa shape index (κ1) is 23.0. The van der Waals surface area contributed by atoms with Crippen molar-refractivity contribution in [2.45, 2.75) is 75.5 Å². The van der Waals surface area contributed by atoms with E-state index in [2.05, 4.69) is 27.0 Å². The van der Waals surface area contributed by atoms with E-state index in [1.165, 1.54) is 11.3 Å². The maximum absolute atomic E-state index is 6.45. The Kier molecular flexibility index (Phi) is 6.72. The van der Waals surface area contributed by atoms with E-state index >= 15 is 0 Å². The zero-order valence-electron chi connectivity index (χ0n) is 19.9. The molecule has 0 bridgehead atoms. The predicted octanol–water partition coefficient (Wildman–Crippen LogP) is 4.66. The number of pyridine rings is 1. The van der Waals surface area contributed by atoms with E-state index in [9.17, 15) is 0 Å². The third kappa shape index (κ3) is 5.08. The van der Waals surface area contributed by atoms with Crippen molar-refractivity contribution in [1.29, 1.82) is 0 Å². The molecular formula is C27H32ClN5O2. The molecule has 1 aromatic carbocycles. The molecule has 1 saturated carbocycles. The van der Waals surface area contributed by atoms with E-state index in [-0.39, 0.29) is 6.10 Å². The second-order valence-corrected chi connectivity index (χ2v) is 10.4. The zero-order valence-corrected chi connectivity index (χ0v) is 20.7. The van der Waals surface area contributed by atoms with Crippen molar-refractivity contribution >= 4 is 11.6 Å². The molecule has 0 amide bonds. The molecule has 0 radical (unpaired) electrons. The number of aromatic nitrogens is 4. The molecule has 1 unspecified atom stereocenters. The van der Waals surface area contributed by atoms with E-state index in [4.69, 9.17) is 31.3 Å². The summed E-state index contributed by atoms with van der Waals surface area (Å²) in [4.78, 5) is 4.32.